The molecule has 0 unspecified atom stereocenters. The van der Waals surface area contributed by atoms with Gasteiger partial charge in [-0.05, 0) is 106 Å². The van der Waals surface area contributed by atoms with Gasteiger partial charge in [-0.3, -0.25) is 9.59 Å². The third-order valence-corrected chi connectivity index (χ3v) is 5.02. The van der Waals surface area contributed by atoms with Gasteiger partial charge in [0.2, 0.25) is 0 Å². The second-order valence-electron chi connectivity index (χ2n) is 5.66. The fourth-order valence-electron chi connectivity index (χ4n) is 2.44. The van der Waals surface area contributed by atoms with Gasteiger partial charge in [-0.2, -0.15) is 0 Å². The highest BCUT2D eigenvalue weighted by molar-refractivity contribution is 14.1. The van der Waals surface area contributed by atoms with Crippen LogP contribution < -0.4 is 4.90 Å². The molecule has 0 radical (unpaired) electrons. The van der Waals surface area contributed by atoms with Crippen LogP contribution in [0.2, 0.25) is 0 Å². The molecule has 4 nitrogen and oxygen atoms in total. The van der Waals surface area contributed by atoms with Gasteiger partial charge in [0.15, 0.2) is 0 Å². The minimum Gasteiger partial charge on any atom is -0.268 e. The molecule has 3 aromatic rings. The lowest BCUT2D eigenvalue weighted by atomic mass is 10.1. The van der Waals surface area contributed by atoms with Crippen molar-refractivity contribution in [1.82, 2.24) is 4.98 Å². The van der Waals surface area contributed by atoms with Gasteiger partial charge >= 0.3 is 0 Å². The molecular formula is C20H14I2N2O2. The average molecular weight is 568 g/mol. The Bertz CT molecular complexity index is 931. The number of hydrogen-bond donors (Lipinski definition) is 0. The van der Waals surface area contributed by atoms with E-state index in [-0.39, 0.29) is 0 Å². The van der Waals surface area contributed by atoms with Gasteiger partial charge in [0.05, 0.1) is 0 Å². The van der Waals surface area contributed by atoms with Crippen molar-refractivity contribution >= 4 is 62.8 Å². The van der Waals surface area contributed by atoms with E-state index in [2.05, 4.69) is 50.2 Å². The topological polar surface area (TPSA) is 50.3 Å². The standard InChI is InChI=1S/C20H14I2N2O2/c1-13-8-9-23-18(10-13)24(19(25)14-4-2-6-16(21)11-14)20(26)15-5-3-7-17(22)12-15/h2-12H,1H3. The maximum atomic E-state index is 13.2. The zero-order valence-corrected chi connectivity index (χ0v) is 18.1. The molecule has 0 bridgehead atoms. The van der Waals surface area contributed by atoms with Gasteiger partial charge in [-0.1, -0.05) is 12.1 Å². The Kier molecular flexibility index (Phi) is 6.02. The summed E-state index contributed by atoms with van der Waals surface area (Å²) in [6, 6.07) is 17.9. The van der Waals surface area contributed by atoms with Crippen molar-refractivity contribution in [2.24, 2.45) is 0 Å². The summed E-state index contributed by atoms with van der Waals surface area (Å²) in [5, 5.41) is 0. The first-order valence-corrected chi connectivity index (χ1v) is 9.94. The number of hydrogen-bond acceptors (Lipinski definition) is 3. The van der Waals surface area contributed by atoms with Crippen molar-refractivity contribution < 1.29 is 9.59 Å². The lowest BCUT2D eigenvalue weighted by molar-refractivity contribution is 0.0896. The van der Waals surface area contributed by atoms with E-state index in [9.17, 15) is 9.59 Å². The van der Waals surface area contributed by atoms with E-state index in [0.29, 0.717) is 16.9 Å². The zero-order chi connectivity index (χ0) is 18.7. The molecule has 0 saturated carbocycles. The number of pyridine rings is 1. The minimum absolute atomic E-state index is 0.317. The Morgan fingerprint density at radius 1 is 0.846 bits per heavy atom. The molecule has 0 saturated heterocycles. The largest absolute Gasteiger partial charge is 0.268 e. The Morgan fingerprint density at radius 2 is 1.38 bits per heavy atom. The van der Waals surface area contributed by atoms with E-state index < -0.39 is 11.8 Å². The van der Waals surface area contributed by atoms with Gasteiger partial charge in [-0.25, -0.2) is 9.88 Å². The van der Waals surface area contributed by atoms with Crippen LogP contribution in [0.15, 0.2) is 66.9 Å². The number of aromatic nitrogens is 1. The lowest BCUT2D eigenvalue weighted by Crippen LogP contribution is -2.37. The molecule has 0 aliphatic rings. The molecule has 26 heavy (non-hydrogen) atoms. The average Bonchev–Trinajstić information content (AvgIpc) is 2.62. The number of anilines is 1. The molecule has 1 aromatic heterocycles. The number of halogens is 2. The minimum atomic E-state index is -0.398. The molecule has 2 aromatic carbocycles. The van der Waals surface area contributed by atoms with Crippen LogP contribution in [0, 0.1) is 14.1 Å². The quantitative estimate of drug-likeness (QED) is 0.327. The smallest absolute Gasteiger partial charge is 0.266 e. The summed E-state index contributed by atoms with van der Waals surface area (Å²) in [5.74, 6) is -0.478. The summed E-state index contributed by atoms with van der Waals surface area (Å²) in [6.07, 6.45) is 1.60. The Balaban J connectivity index is 2.10. The summed E-state index contributed by atoms with van der Waals surface area (Å²) in [5.41, 5.74) is 1.81. The maximum absolute atomic E-state index is 13.2. The normalized spacial score (nSPS) is 10.4. The highest BCUT2D eigenvalue weighted by Gasteiger charge is 2.27. The monoisotopic (exact) mass is 568 g/mol. The number of carbonyl (C=O) groups is 2. The molecule has 130 valence electrons. The van der Waals surface area contributed by atoms with Crippen LogP contribution in [0.4, 0.5) is 5.82 Å². The first-order valence-electron chi connectivity index (χ1n) is 7.78. The number of amides is 2. The number of rotatable bonds is 3. The first-order chi connectivity index (χ1) is 12.5. The summed E-state index contributed by atoms with van der Waals surface area (Å²) >= 11 is 4.29. The SMILES string of the molecule is Cc1ccnc(N(C(=O)c2cccc(I)c2)C(=O)c2cccc(I)c2)c1. The van der Waals surface area contributed by atoms with Crippen LogP contribution in [0.5, 0.6) is 0 Å². The number of aryl methyl sites for hydroxylation is 1. The van der Waals surface area contributed by atoms with Crippen LogP contribution in [-0.4, -0.2) is 16.8 Å². The van der Waals surface area contributed by atoms with E-state index in [1.54, 1.807) is 48.7 Å². The molecular weight excluding hydrogens is 554 g/mol. The van der Waals surface area contributed by atoms with Crippen LogP contribution in [0.25, 0.3) is 0 Å². The van der Waals surface area contributed by atoms with Crippen molar-refractivity contribution in [3.63, 3.8) is 0 Å². The Labute approximate surface area is 178 Å². The first kappa shape index (κ1) is 19.0. The molecule has 0 aliphatic carbocycles. The van der Waals surface area contributed by atoms with E-state index in [0.717, 1.165) is 17.6 Å². The van der Waals surface area contributed by atoms with Gasteiger partial charge in [0, 0.05) is 24.5 Å². The third-order valence-electron chi connectivity index (χ3n) is 3.68. The predicted octanol–water partition coefficient (Wildman–Crippen LogP) is 5.09. The lowest BCUT2D eigenvalue weighted by Gasteiger charge is -2.20. The molecule has 3 rings (SSSR count). The van der Waals surface area contributed by atoms with Crippen molar-refractivity contribution in [3.8, 4) is 0 Å². The zero-order valence-electron chi connectivity index (χ0n) is 13.8. The Morgan fingerprint density at radius 3 is 1.85 bits per heavy atom. The fourth-order valence-corrected chi connectivity index (χ4v) is 3.53. The summed E-state index contributed by atoms with van der Waals surface area (Å²) in [4.78, 5) is 31.7. The van der Waals surface area contributed by atoms with Gasteiger partial charge in [0.25, 0.3) is 11.8 Å². The molecule has 2 amide bonds. The molecule has 0 spiro atoms. The summed E-state index contributed by atoms with van der Waals surface area (Å²) in [7, 11) is 0. The highest BCUT2D eigenvalue weighted by Crippen LogP contribution is 2.21. The molecule has 0 atom stereocenters. The van der Waals surface area contributed by atoms with Crippen LogP contribution in [-0.2, 0) is 0 Å². The van der Waals surface area contributed by atoms with Crippen LogP contribution >= 0.6 is 45.2 Å². The second-order valence-corrected chi connectivity index (χ2v) is 8.15. The van der Waals surface area contributed by atoms with Gasteiger partial charge < -0.3 is 0 Å². The van der Waals surface area contributed by atoms with Crippen molar-refractivity contribution in [2.75, 3.05) is 4.90 Å². The van der Waals surface area contributed by atoms with E-state index in [1.165, 1.54) is 0 Å². The van der Waals surface area contributed by atoms with Crippen molar-refractivity contribution in [3.05, 3.63) is 90.7 Å². The van der Waals surface area contributed by atoms with E-state index >= 15 is 0 Å². The molecule has 0 aliphatic heterocycles. The number of imide groups is 1. The third kappa shape index (κ3) is 4.29. The van der Waals surface area contributed by atoms with E-state index in [4.69, 9.17) is 0 Å². The van der Waals surface area contributed by atoms with Crippen molar-refractivity contribution in [1.29, 1.82) is 0 Å². The van der Waals surface area contributed by atoms with Gasteiger partial charge in [-0.15, -0.1) is 0 Å². The molecule has 0 N–H and O–H groups in total. The van der Waals surface area contributed by atoms with E-state index in [1.807, 2.05) is 25.1 Å². The van der Waals surface area contributed by atoms with Crippen molar-refractivity contribution in [2.45, 2.75) is 6.92 Å². The summed E-state index contributed by atoms with van der Waals surface area (Å²) < 4.78 is 1.85. The molecule has 1 heterocycles. The van der Waals surface area contributed by atoms with Crippen LogP contribution in [0.3, 0.4) is 0 Å². The number of carbonyl (C=O) groups excluding carboxylic acids is 2. The molecule has 6 heteroatoms. The van der Waals surface area contributed by atoms with Gasteiger partial charge in [0.1, 0.15) is 5.82 Å². The highest BCUT2D eigenvalue weighted by atomic mass is 127. The fraction of sp³-hybridized carbons (Fsp3) is 0.0500. The van der Waals surface area contributed by atoms with Crippen LogP contribution in [0.1, 0.15) is 26.3 Å². The number of benzene rings is 2. The number of nitrogens with zero attached hydrogens (tertiary/aromatic N) is 2. The predicted molar refractivity (Wildman–Crippen MR) is 118 cm³/mol. The Hall–Kier alpha value is -1.81. The maximum Gasteiger partial charge on any atom is 0.266 e. The summed E-state index contributed by atoms with van der Waals surface area (Å²) in [6.45, 7) is 1.90. The molecule has 0 fully saturated rings. The second kappa shape index (κ2) is 8.26.